The van der Waals surface area contributed by atoms with Crippen molar-refractivity contribution in [2.24, 2.45) is 0 Å². The van der Waals surface area contributed by atoms with Crippen LogP contribution in [0.15, 0.2) is 12.1 Å². The monoisotopic (exact) mass is 322 g/mol. The normalized spacial score (nSPS) is 19.6. The van der Waals surface area contributed by atoms with Gasteiger partial charge in [-0.3, -0.25) is 4.79 Å². The first-order valence-corrected chi connectivity index (χ1v) is 8.42. The third-order valence-corrected chi connectivity index (χ3v) is 5.78. The summed E-state index contributed by atoms with van der Waals surface area (Å²) in [5.41, 5.74) is 0.370. The van der Waals surface area contributed by atoms with Gasteiger partial charge in [-0.15, -0.1) is 0 Å². The number of carbonyl (C=O) groups excluding carboxylic acids is 1. The summed E-state index contributed by atoms with van der Waals surface area (Å²) < 4.78 is 0. The molecule has 1 fully saturated rings. The number of amides is 1. The van der Waals surface area contributed by atoms with Crippen LogP contribution in [0.4, 0.5) is 0 Å². The van der Waals surface area contributed by atoms with Gasteiger partial charge in [-0.2, -0.15) is 23.5 Å². The van der Waals surface area contributed by atoms with Gasteiger partial charge in [0.1, 0.15) is 10.3 Å². The van der Waals surface area contributed by atoms with Gasteiger partial charge in [0, 0.05) is 29.1 Å². The Morgan fingerprint density at radius 3 is 2.94 bits per heavy atom. The van der Waals surface area contributed by atoms with Gasteiger partial charge < -0.3 is 5.32 Å². The zero-order valence-corrected chi connectivity index (χ0v) is 12.6. The fraction of sp³-hybridized carbons (Fsp3) is 0.455. The lowest BCUT2D eigenvalue weighted by molar-refractivity contribution is 0.0954. The first-order chi connectivity index (χ1) is 8.66. The number of hydrogen-bond donors (Lipinski definition) is 1. The second-order valence-electron chi connectivity index (χ2n) is 3.75. The lowest BCUT2D eigenvalue weighted by Gasteiger charge is -2.21. The Bertz CT molecular complexity index is 439. The molecule has 1 aliphatic heterocycles. The lowest BCUT2D eigenvalue weighted by Crippen LogP contribution is -2.33. The third-order valence-electron chi connectivity index (χ3n) is 2.43. The van der Waals surface area contributed by atoms with E-state index >= 15 is 0 Å². The van der Waals surface area contributed by atoms with Crippen LogP contribution in [-0.4, -0.2) is 39.9 Å². The maximum absolute atomic E-state index is 11.9. The van der Waals surface area contributed by atoms with Gasteiger partial charge in [0.15, 0.2) is 0 Å². The van der Waals surface area contributed by atoms with Crippen LogP contribution in [0.5, 0.6) is 0 Å². The third kappa shape index (κ3) is 3.95. The number of nitrogens with one attached hydrogen (secondary N) is 1. The lowest BCUT2D eigenvalue weighted by atomic mass is 10.2. The van der Waals surface area contributed by atoms with E-state index in [0.29, 0.717) is 17.4 Å². The fourth-order valence-corrected chi connectivity index (χ4v) is 4.58. The van der Waals surface area contributed by atoms with Crippen molar-refractivity contribution in [1.29, 1.82) is 0 Å². The number of aromatic nitrogens is 1. The van der Waals surface area contributed by atoms with Gasteiger partial charge in [-0.05, 0) is 12.1 Å². The molecular formula is C11H12Cl2N2OS2. The molecule has 98 valence electrons. The van der Waals surface area contributed by atoms with E-state index in [0.717, 1.165) is 11.5 Å². The van der Waals surface area contributed by atoms with Gasteiger partial charge in [-0.1, -0.05) is 23.2 Å². The molecule has 0 bridgehead atoms. The summed E-state index contributed by atoms with van der Waals surface area (Å²) in [6, 6.07) is 3.16. The summed E-state index contributed by atoms with van der Waals surface area (Å²) in [5.74, 6) is 3.23. The molecule has 1 atom stereocenters. The largest absolute Gasteiger partial charge is 0.351 e. The highest BCUT2D eigenvalue weighted by Gasteiger charge is 2.17. The molecule has 0 spiro atoms. The molecule has 2 heterocycles. The Balaban J connectivity index is 1.90. The number of carbonyl (C=O) groups is 1. The number of nitrogens with zero attached hydrogens (tertiary/aromatic N) is 1. The highest BCUT2D eigenvalue weighted by molar-refractivity contribution is 8.06. The molecule has 1 aromatic heterocycles. The summed E-state index contributed by atoms with van der Waals surface area (Å²) in [5, 5.41) is 3.80. The van der Waals surface area contributed by atoms with Gasteiger partial charge in [-0.25, -0.2) is 4.98 Å². The maximum atomic E-state index is 11.9. The average molecular weight is 323 g/mol. The molecule has 2 rings (SSSR count). The second-order valence-corrected chi connectivity index (χ2v) is 7.05. The molecule has 1 unspecified atom stereocenters. The highest BCUT2D eigenvalue weighted by atomic mass is 35.5. The first kappa shape index (κ1) is 14.3. The summed E-state index contributed by atoms with van der Waals surface area (Å²) in [4.78, 5) is 15.8. The predicted molar refractivity (Wildman–Crippen MR) is 80.2 cm³/mol. The molecule has 3 nitrogen and oxygen atoms in total. The van der Waals surface area contributed by atoms with Crippen molar-refractivity contribution in [3.05, 3.63) is 28.0 Å². The Labute approximate surface area is 124 Å². The SMILES string of the molecule is O=C(NCC1CSCCS1)c1ccc(Cl)nc1Cl. The van der Waals surface area contributed by atoms with E-state index < -0.39 is 0 Å². The van der Waals surface area contributed by atoms with Crippen LogP contribution in [0.1, 0.15) is 10.4 Å². The maximum Gasteiger partial charge on any atom is 0.254 e. The Morgan fingerprint density at radius 1 is 1.44 bits per heavy atom. The van der Waals surface area contributed by atoms with Gasteiger partial charge >= 0.3 is 0 Å². The van der Waals surface area contributed by atoms with E-state index in [1.807, 2.05) is 23.5 Å². The summed E-state index contributed by atoms with van der Waals surface area (Å²) in [6.45, 7) is 0.662. The van der Waals surface area contributed by atoms with Crippen LogP contribution < -0.4 is 5.32 Å². The van der Waals surface area contributed by atoms with E-state index in [9.17, 15) is 4.79 Å². The van der Waals surface area contributed by atoms with Crippen LogP contribution >= 0.6 is 46.7 Å². The molecule has 1 aliphatic rings. The van der Waals surface area contributed by atoms with E-state index in [1.165, 1.54) is 5.75 Å². The van der Waals surface area contributed by atoms with Crippen molar-refractivity contribution in [1.82, 2.24) is 10.3 Å². The smallest absolute Gasteiger partial charge is 0.254 e. The minimum absolute atomic E-state index is 0.144. The molecule has 0 saturated carbocycles. The topological polar surface area (TPSA) is 42.0 Å². The predicted octanol–water partition coefficient (Wildman–Crippen LogP) is 2.97. The molecule has 1 N–H and O–H groups in total. The quantitative estimate of drug-likeness (QED) is 0.869. The van der Waals surface area contributed by atoms with Crippen LogP contribution in [0, 0.1) is 0 Å². The average Bonchev–Trinajstić information content (AvgIpc) is 2.37. The van der Waals surface area contributed by atoms with Crippen molar-refractivity contribution >= 4 is 52.6 Å². The molecule has 1 aromatic rings. The zero-order valence-electron chi connectivity index (χ0n) is 9.49. The van der Waals surface area contributed by atoms with Crippen molar-refractivity contribution < 1.29 is 4.79 Å². The number of thioether (sulfide) groups is 2. The molecule has 1 saturated heterocycles. The minimum Gasteiger partial charge on any atom is -0.351 e. The van der Waals surface area contributed by atoms with E-state index in [-0.39, 0.29) is 16.2 Å². The number of rotatable bonds is 3. The summed E-state index contributed by atoms with van der Waals surface area (Å²) in [6.07, 6.45) is 0. The van der Waals surface area contributed by atoms with E-state index in [4.69, 9.17) is 23.2 Å². The Kier molecular flexibility index (Phi) is 5.48. The number of hydrogen-bond acceptors (Lipinski definition) is 4. The number of pyridine rings is 1. The van der Waals surface area contributed by atoms with Crippen LogP contribution in [0.2, 0.25) is 10.3 Å². The molecular weight excluding hydrogens is 311 g/mol. The van der Waals surface area contributed by atoms with Crippen LogP contribution in [0.3, 0.4) is 0 Å². The minimum atomic E-state index is -0.194. The Morgan fingerprint density at radius 2 is 2.28 bits per heavy atom. The van der Waals surface area contributed by atoms with Gasteiger partial charge in [0.25, 0.3) is 5.91 Å². The second kappa shape index (κ2) is 6.89. The van der Waals surface area contributed by atoms with Crippen molar-refractivity contribution in [2.45, 2.75) is 5.25 Å². The van der Waals surface area contributed by atoms with Gasteiger partial charge in [0.2, 0.25) is 0 Å². The van der Waals surface area contributed by atoms with Crippen molar-refractivity contribution in [2.75, 3.05) is 23.8 Å². The number of halogens is 2. The first-order valence-electron chi connectivity index (χ1n) is 5.46. The van der Waals surface area contributed by atoms with Crippen molar-refractivity contribution in [3.8, 4) is 0 Å². The molecule has 0 aliphatic carbocycles. The van der Waals surface area contributed by atoms with E-state index in [1.54, 1.807) is 12.1 Å². The highest BCUT2D eigenvalue weighted by Crippen LogP contribution is 2.23. The molecule has 18 heavy (non-hydrogen) atoms. The summed E-state index contributed by atoms with van der Waals surface area (Å²) in [7, 11) is 0. The molecule has 0 aromatic carbocycles. The standard InChI is InChI=1S/C11H12Cl2N2OS2/c12-9-2-1-8(10(13)15-9)11(16)14-5-7-6-17-3-4-18-7/h1-2,7H,3-6H2,(H,14,16). The molecule has 1 amide bonds. The van der Waals surface area contributed by atoms with Gasteiger partial charge in [0.05, 0.1) is 5.56 Å². The molecule has 0 radical (unpaired) electrons. The summed E-state index contributed by atoms with van der Waals surface area (Å²) >= 11 is 15.4. The Hall–Kier alpha value is -0.100. The van der Waals surface area contributed by atoms with Crippen LogP contribution in [-0.2, 0) is 0 Å². The van der Waals surface area contributed by atoms with E-state index in [2.05, 4.69) is 10.3 Å². The van der Waals surface area contributed by atoms with Crippen LogP contribution in [0.25, 0.3) is 0 Å². The zero-order chi connectivity index (χ0) is 13.0. The molecule has 7 heteroatoms. The van der Waals surface area contributed by atoms with Crippen molar-refractivity contribution in [3.63, 3.8) is 0 Å². The fourth-order valence-electron chi connectivity index (χ4n) is 1.54.